The van der Waals surface area contributed by atoms with Crippen molar-refractivity contribution in [3.8, 4) is 0 Å². The molecule has 2 unspecified atom stereocenters. The minimum Gasteiger partial charge on any atom is -0.479 e. The molecular formula is C13H22N2O5S. The molecule has 120 valence electrons. The van der Waals surface area contributed by atoms with Crippen LogP contribution in [0.2, 0.25) is 0 Å². The fraction of sp³-hybridized carbons (Fsp3) is 0.846. The first-order valence-corrected chi connectivity index (χ1v) is 9.12. The Kier molecular flexibility index (Phi) is 4.46. The van der Waals surface area contributed by atoms with E-state index in [0.29, 0.717) is 32.2 Å². The Labute approximate surface area is 124 Å². The lowest BCUT2D eigenvalue weighted by Gasteiger charge is -2.34. The van der Waals surface area contributed by atoms with Crippen LogP contribution in [-0.4, -0.2) is 60.6 Å². The van der Waals surface area contributed by atoms with E-state index < -0.39 is 27.4 Å². The Hall–Kier alpha value is -1.31. The molecule has 2 amide bonds. The Balaban J connectivity index is 1.95. The Bertz CT molecular complexity index is 533. The van der Waals surface area contributed by atoms with Crippen molar-refractivity contribution in [2.24, 2.45) is 5.92 Å². The van der Waals surface area contributed by atoms with Crippen molar-refractivity contribution in [2.45, 2.75) is 38.1 Å². The highest BCUT2D eigenvalue weighted by Crippen LogP contribution is 2.32. The van der Waals surface area contributed by atoms with Crippen LogP contribution in [0.15, 0.2) is 0 Å². The van der Waals surface area contributed by atoms with Crippen molar-refractivity contribution in [3.05, 3.63) is 0 Å². The van der Waals surface area contributed by atoms with Gasteiger partial charge < -0.3 is 15.3 Å². The van der Waals surface area contributed by atoms with Crippen molar-refractivity contribution in [1.29, 1.82) is 0 Å². The average molecular weight is 318 g/mol. The first-order valence-electron chi connectivity index (χ1n) is 7.30. The third-order valence-corrected chi connectivity index (χ3v) is 6.42. The SMILES string of the molecule is CCC1(C(=O)O)CCCN1C(=O)NCC1CCS(=O)(=O)C1. The van der Waals surface area contributed by atoms with E-state index in [4.69, 9.17) is 0 Å². The summed E-state index contributed by atoms with van der Waals surface area (Å²) in [5.41, 5.74) is -1.12. The Morgan fingerprint density at radius 2 is 2.14 bits per heavy atom. The highest BCUT2D eigenvalue weighted by Gasteiger charge is 2.48. The number of nitrogens with one attached hydrogen (secondary N) is 1. The first kappa shape index (κ1) is 16.1. The predicted octanol–water partition coefficient (Wildman–Crippen LogP) is 0.460. The van der Waals surface area contributed by atoms with Crippen molar-refractivity contribution in [1.82, 2.24) is 10.2 Å². The van der Waals surface area contributed by atoms with Crippen molar-refractivity contribution in [3.63, 3.8) is 0 Å². The lowest BCUT2D eigenvalue weighted by molar-refractivity contribution is -0.148. The van der Waals surface area contributed by atoms with E-state index in [1.807, 2.05) is 0 Å². The standard InChI is InChI=1S/C13H22N2O5S/c1-2-13(11(16)17)5-3-6-15(13)12(18)14-8-10-4-7-21(19,20)9-10/h10H,2-9H2,1H3,(H,14,18)(H,16,17). The number of carbonyl (C=O) groups is 2. The van der Waals surface area contributed by atoms with Gasteiger partial charge in [0.05, 0.1) is 11.5 Å². The van der Waals surface area contributed by atoms with Crippen LogP contribution < -0.4 is 5.32 Å². The van der Waals surface area contributed by atoms with E-state index in [1.54, 1.807) is 6.92 Å². The van der Waals surface area contributed by atoms with Crippen LogP contribution in [-0.2, 0) is 14.6 Å². The zero-order chi connectivity index (χ0) is 15.7. The minimum absolute atomic E-state index is 0.0672. The van der Waals surface area contributed by atoms with Crippen molar-refractivity contribution >= 4 is 21.8 Å². The molecule has 2 saturated heterocycles. The van der Waals surface area contributed by atoms with Gasteiger partial charge in [-0.25, -0.2) is 18.0 Å². The number of nitrogens with zero attached hydrogens (tertiary/aromatic N) is 1. The maximum absolute atomic E-state index is 12.2. The van der Waals surface area contributed by atoms with Gasteiger partial charge in [-0.3, -0.25) is 0 Å². The summed E-state index contributed by atoms with van der Waals surface area (Å²) in [4.78, 5) is 25.1. The normalized spacial score (nSPS) is 31.3. The molecule has 0 saturated carbocycles. The van der Waals surface area contributed by atoms with Gasteiger partial charge in [-0.2, -0.15) is 0 Å². The van der Waals surface area contributed by atoms with Crippen LogP contribution >= 0.6 is 0 Å². The van der Waals surface area contributed by atoms with E-state index in [-0.39, 0.29) is 24.0 Å². The molecule has 0 bridgehead atoms. The fourth-order valence-electron chi connectivity index (χ4n) is 3.28. The van der Waals surface area contributed by atoms with Gasteiger partial charge >= 0.3 is 12.0 Å². The second-order valence-electron chi connectivity index (χ2n) is 5.90. The number of rotatable bonds is 4. The molecule has 2 heterocycles. The molecule has 0 radical (unpaired) electrons. The van der Waals surface area contributed by atoms with E-state index in [2.05, 4.69) is 5.32 Å². The first-order chi connectivity index (χ1) is 9.81. The summed E-state index contributed by atoms with van der Waals surface area (Å²) < 4.78 is 22.8. The molecule has 0 aliphatic carbocycles. The van der Waals surface area contributed by atoms with Gasteiger partial charge in [0.15, 0.2) is 9.84 Å². The zero-order valence-corrected chi connectivity index (χ0v) is 13.0. The lowest BCUT2D eigenvalue weighted by atomic mass is 9.93. The summed E-state index contributed by atoms with van der Waals surface area (Å²) in [6.07, 6.45) is 2.06. The molecule has 21 heavy (non-hydrogen) atoms. The number of sulfone groups is 1. The molecule has 2 atom stereocenters. The molecule has 2 aliphatic heterocycles. The molecule has 8 heteroatoms. The minimum atomic E-state index is -2.96. The number of carboxylic acid groups (broad SMARTS) is 1. The molecule has 0 aromatic carbocycles. The molecule has 2 rings (SSSR count). The van der Waals surface area contributed by atoms with Gasteiger partial charge in [0.25, 0.3) is 0 Å². The van der Waals surface area contributed by atoms with E-state index in [9.17, 15) is 23.1 Å². The summed E-state index contributed by atoms with van der Waals surface area (Å²) >= 11 is 0. The Morgan fingerprint density at radius 3 is 2.67 bits per heavy atom. The quantitative estimate of drug-likeness (QED) is 0.783. The second-order valence-corrected chi connectivity index (χ2v) is 8.13. The maximum Gasteiger partial charge on any atom is 0.329 e. The largest absolute Gasteiger partial charge is 0.479 e. The third kappa shape index (κ3) is 3.14. The van der Waals surface area contributed by atoms with Gasteiger partial charge in [0.1, 0.15) is 5.54 Å². The van der Waals surface area contributed by atoms with Crippen LogP contribution in [0.3, 0.4) is 0 Å². The van der Waals surface area contributed by atoms with E-state index in [0.717, 1.165) is 0 Å². The zero-order valence-electron chi connectivity index (χ0n) is 12.2. The number of carbonyl (C=O) groups excluding carboxylic acids is 1. The number of likely N-dealkylation sites (tertiary alicyclic amines) is 1. The highest BCUT2D eigenvalue weighted by molar-refractivity contribution is 7.91. The number of amides is 2. The molecule has 0 spiro atoms. The van der Waals surface area contributed by atoms with E-state index in [1.165, 1.54) is 4.90 Å². The van der Waals surface area contributed by atoms with Crippen molar-refractivity contribution in [2.75, 3.05) is 24.6 Å². The second kappa shape index (κ2) is 5.82. The highest BCUT2D eigenvalue weighted by atomic mass is 32.2. The van der Waals surface area contributed by atoms with Gasteiger partial charge in [0, 0.05) is 13.1 Å². The molecule has 2 aliphatic rings. The van der Waals surface area contributed by atoms with Gasteiger partial charge in [-0.05, 0) is 31.6 Å². The lowest BCUT2D eigenvalue weighted by Crippen LogP contribution is -2.56. The summed E-state index contributed by atoms with van der Waals surface area (Å²) in [6, 6.07) is -0.402. The van der Waals surface area contributed by atoms with Crippen LogP contribution in [0.25, 0.3) is 0 Å². The molecule has 0 aromatic heterocycles. The van der Waals surface area contributed by atoms with Crippen LogP contribution in [0.1, 0.15) is 32.6 Å². The monoisotopic (exact) mass is 318 g/mol. The van der Waals surface area contributed by atoms with Crippen LogP contribution in [0.5, 0.6) is 0 Å². The number of carboxylic acids is 1. The van der Waals surface area contributed by atoms with Crippen molar-refractivity contribution < 1.29 is 23.1 Å². The summed E-state index contributed by atoms with van der Waals surface area (Å²) in [5, 5.41) is 12.1. The molecular weight excluding hydrogens is 296 g/mol. The maximum atomic E-state index is 12.2. The topological polar surface area (TPSA) is 104 Å². The summed E-state index contributed by atoms with van der Waals surface area (Å²) in [7, 11) is -2.96. The van der Waals surface area contributed by atoms with Crippen LogP contribution in [0.4, 0.5) is 4.79 Å². The average Bonchev–Trinajstić information content (AvgIpc) is 2.99. The number of hydrogen-bond acceptors (Lipinski definition) is 4. The summed E-state index contributed by atoms with van der Waals surface area (Å²) in [6.45, 7) is 2.48. The Morgan fingerprint density at radius 1 is 1.43 bits per heavy atom. The fourth-order valence-corrected chi connectivity index (χ4v) is 5.14. The summed E-state index contributed by atoms with van der Waals surface area (Å²) in [5.74, 6) is -0.764. The molecule has 2 N–H and O–H groups in total. The van der Waals surface area contributed by atoms with Gasteiger partial charge in [-0.1, -0.05) is 6.92 Å². The smallest absolute Gasteiger partial charge is 0.329 e. The molecule has 2 fully saturated rings. The predicted molar refractivity (Wildman–Crippen MR) is 76.8 cm³/mol. The molecule has 0 aromatic rings. The number of aliphatic carboxylic acids is 1. The van der Waals surface area contributed by atoms with Gasteiger partial charge in [0.2, 0.25) is 0 Å². The van der Waals surface area contributed by atoms with Gasteiger partial charge in [-0.15, -0.1) is 0 Å². The van der Waals surface area contributed by atoms with E-state index >= 15 is 0 Å². The number of hydrogen-bond donors (Lipinski definition) is 2. The molecule has 7 nitrogen and oxygen atoms in total. The third-order valence-electron chi connectivity index (χ3n) is 4.59. The number of urea groups is 1. The van der Waals surface area contributed by atoms with Crippen LogP contribution in [0, 0.1) is 5.92 Å².